The van der Waals surface area contributed by atoms with Crippen molar-refractivity contribution in [1.82, 2.24) is 19.4 Å². The summed E-state index contributed by atoms with van der Waals surface area (Å²) in [5.74, 6) is 0.0617. The Kier molecular flexibility index (Phi) is 4.90. The Bertz CT molecular complexity index is 785. The van der Waals surface area contributed by atoms with Crippen LogP contribution >= 0.6 is 0 Å². The van der Waals surface area contributed by atoms with E-state index in [1.807, 2.05) is 18.7 Å². The highest BCUT2D eigenvalue weighted by Gasteiger charge is 2.49. The van der Waals surface area contributed by atoms with Crippen molar-refractivity contribution < 1.29 is 9.59 Å². The number of aromatic nitrogens is 2. The predicted octanol–water partition coefficient (Wildman–Crippen LogP) is 1.11. The van der Waals surface area contributed by atoms with E-state index in [-0.39, 0.29) is 24.4 Å². The molecule has 0 N–H and O–H groups in total. The number of piperidine rings is 1. The fourth-order valence-electron chi connectivity index (χ4n) is 4.26. The number of carbonyl (C=O) groups is 2. The van der Waals surface area contributed by atoms with Gasteiger partial charge in [-0.3, -0.25) is 14.2 Å². The average Bonchev–Trinajstić information content (AvgIpc) is 2.98. The van der Waals surface area contributed by atoms with Crippen molar-refractivity contribution in [1.29, 1.82) is 0 Å². The molecule has 2 amide bonds. The van der Waals surface area contributed by atoms with Gasteiger partial charge in [0, 0.05) is 37.1 Å². The van der Waals surface area contributed by atoms with Crippen LogP contribution in [0.3, 0.4) is 0 Å². The zero-order valence-electron chi connectivity index (χ0n) is 16.1. The van der Waals surface area contributed by atoms with Crippen LogP contribution in [0.15, 0.2) is 10.9 Å². The molecular weight excluding hydrogens is 332 g/mol. The van der Waals surface area contributed by atoms with Gasteiger partial charge in [-0.1, -0.05) is 0 Å². The molecule has 0 aromatic carbocycles. The molecule has 0 saturated carbocycles. The largest absolute Gasteiger partial charge is 0.348 e. The van der Waals surface area contributed by atoms with Gasteiger partial charge in [-0.25, -0.2) is 4.79 Å². The van der Waals surface area contributed by atoms with Gasteiger partial charge in [0.1, 0.15) is 6.54 Å². The maximum Gasteiger partial charge on any atom is 0.348 e. The van der Waals surface area contributed by atoms with Crippen LogP contribution in [-0.2, 0) is 16.1 Å². The SMILES string of the molecule is Cc1cc(C)n(CC(=O)N2CC[C@@]3(CCCN(C(C)C)C3=O)C2)c(=O)n1. The van der Waals surface area contributed by atoms with E-state index >= 15 is 0 Å². The number of hydrogen-bond donors (Lipinski definition) is 0. The first kappa shape index (κ1) is 18.6. The summed E-state index contributed by atoms with van der Waals surface area (Å²) in [5, 5.41) is 0. The quantitative estimate of drug-likeness (QED) is 0.809. The summed E-state index contributed by atoms with van der Waals surface area (Å²) in [6, 6.07) is 1.98. The van der Waals surface area contributed by atoms with E-state index in [2.05, 4.69) is 4.98 Å². The Labute approximate surface area is 154 Å². The van der Waals surface area contributed by atoms with Gasteiger partial charge in [-0.2, -0.15) is 4.98 Å². The van der Waals surface area contributed by atoms with E-state index in [1.54, 1.807) is 24.8 Å². The minimum absolute atomic E-state index is 0.0177. The summed E-state index contributed by atoms with van der Waals surface area (Å²) < 4.78 is 1.41. The number of aryl methyl sites for hydroxylation is 2. The van der Waals surface area contributed by atoms with Gasteiger partial charge in [0.15, 0.2) is 0 Å². The Hall–Kier alpha value is -2.18. The summed E-state index contributed by atoms with van der Waals surface area (Å²) in [6.45, 7) is 9.46. The van der Waals surface area contributed by atoms with Crippen molar-refractivity contribution in [2.75, 3.05) is 19.6 Å². The normalized spacial score (nSPS) is 23.3. The van der Waals surface area contributed by atoms with Crippen LogP contribution in [0, 0.1) is 19.3 Å². The van der Waals surface area contributed by atoms with Crippen LogP contribution in [-0.4, -0.2) is 56.8 Å². The monoisotopic (exact) mass is 360 g/mol. The molecule has 26 heavy (non-hydrogen) atoms. The summed E-state index contributed by atoms with van der Waals surface area (Å²) in [4.78, 5) is 45.4. The molecule has 2 saturated heterocycles. The second-order valence-corrected chi connectivity index (χ2v) is 7.95. The van der Waals surface area contributed by atoms with Crippen LogP contribution in [0.25, 0.3) is 0 Å². The second kappa shape index (κ2) is 6.85. The number of nitrogens with zero attached hydrogens (tertiary/aromatic N) is 4. The summed E-state index contributed by atoms with van der Waals surface area (Å²) >= 11 is 0. The zero-order chi connectivity index (χ0) is 19.1. The lowest BCUT2D eigenvalue weighted by Gasteiger charge is -2.41. The van der Waals surface area contributed by atoms with Crippen molar-refractivity contribution in [2.24, 2.45) is 5.41 Å². The van der Waals surface area contributed by atoms with E-state index in [0.717, 1.165) is 25.1 Å². The molecule has 1 aromatic rings. The van der Waals surface area contributed by atoms with Crippen molar-refractivity contribution in [2.45, 2.75) is 59.5 Å². The lowest BCUT2D eigenvalue weighted by atomic mass is 9.78. The Morgan fingerprint density at radius 3 is 2.62 bits per heavy atom. The van der Waals surface area contributed by atoms with E-state index in [9.17, 15) is 14.4 Å². The second-order valence-electron chi connectivity index (χ2n) is 7.95. The molecule has 1 aromatic heterocycles. The minimum atomic E-state index is -0.441. The minimum Gasteiger partial charge on any atom is -0.340 e. The van der Waals surface area contributed by atoms with Crippen LogP contribution < -0.4 is 5.69 Å². The smallest absolute Gasteiger partial charge is 0.340 e. The summed E-state index contributed by atoms with van der Waals surface area (Å²) in [7, 11) is 0. The predicted molar refractivity (Wildman–Crippen MR) is 97.7 cm³/mol. The molecule has 2 fully saturated rings. The van der Waals surface area contributed by atoms with E-state index in [0.29, 0.717) is 25.2 Å². The van der Waals surface area contributed by atoms with Crippen LogP contribution in [0.4, 0.5) is 0 Å². The van der Waals surface area contributed by atoms with Crippen LogP contribution in [0.5, 0.6) is 0 Å². The first-order valence-electron chi connectivity index (χ1n) is 9.37. The van der Waals surface area contributed by atoms with Crippen LogP contribution in [0.2, 0.25) is 0 Å². The summed E-state index contributed by atoms with van der Waals surface area (Å²) in [6.07, 6.45) is 2.52. The third kappa shape index (κ3) is 3.27. The molecule has 0 bridgehead atoms. The molecule has 7 heteroatoms. The Morgan fingerprint density at radius 2 is 1.96 bits per heavy atom. The van der Waals surface area contributed by atoms with Gasteiger partial charge in [-0.05, 0) is 53.0 Å². The molecule has 0 radical (unpaired) electrons. The van der Waals surface area contributed by atoms with Crippen molar-refractivity contribution in [3.8, 4) is 0 Å². The molecule has 2 aliphatic rings. The molecule has 7 nitrogen and oxygen atoms in total. The van der Waals surface area contributed by atoms with Gasteiger partial charge in [0.25, 0.3) is 0 Å². The standard InChI is InChI=1S/C19H28N4O3/c1-13(2)22-8-5-6-19(17(22)25)7-9-21(12-19)16(24)11-23-15(4)10-14(3)20-18(23)26/h10,13H,5-9,11-12H2,1-4H3/t19-/m0/s1. The van der Waals surface area contributed by atoms with Gasteiger partial charge in [0.2, 0.25) is 11.8 Å². The lowest BCUT2D eigenvalue weighted by Crippen LogP contribution is -2.52. The van der Waals surface area contributed by atoms with Crippen molar-refractivity contribution in [3.63, 3.8) is 0 Å². The maximum absolute atomic E-state index is 13.0. The number of amides is 2. The topological polar surface area (TPSA) is 75.5 Å². The van der Waals surface area contributed by atoms with Crippen molar-refractivity contribution in [3.05, 3.63) is 27.9 Å². The van der Waals surface area contributed by atoms with Gasteiger partial charge in [-0.15, -0.1) is 0 Å². The highest BCUT2D eigenvalue weighted by Crippen LogP contribution is 2.40. The zero-order valence-corrected chi connectivity index (χ0v) is 16.1. The van der Waals surface area contributed by atoms with Gasteiger partial charge in [0.05, 0.1) is 5.41 Å². The summed E-state index contributed by atoms with van der Waals surface area (Å²) in [5.41, 5.74) is 0.538. The third-order valence-corrected chi connectivity index (χ3v) is 5.74. The lowest BCUT2D eigenvalue weighted by molar-refractivity contribution is -0.148. The molecule has 142 valence electrons. The number of likely N-dealkylation sites (tertiary alicyclic amines) is 2. The highest BCUT2D eigenvalue weighted by molar-refractivity contribution is 5.86. The number of carbonyl (C=O) groups excluding carboxylic acids is 2. The first-order valence-corrected chi connectivity index (χ1v) is 9.37. The fraction of sp³-hybridized carbons (Fsp3) is 0.684. The molecule has 3 rings (SSSR count). The van der Waals surface area contributed by atoms with E-state index in [1.165, 1.54) is 4.57 Å². The molecule has 3 heterocycles. The van der Waals surface area contributed by atoms with E-state index in [4.69, 9.17) is 0 Å². The molecule has 0 unspecified atom stereocenters. The molecule has 1 atom stereocenters. The number of rotatable bonds is 3. The molecule has 2 aliphatic heterocycles. The highest BCUT2D eigenvalue weighted by atomic mass is 16.2. The third-order valence-electron chi connectivity index (χ3n) is 5.74. The van der Waals surface area contributed by atoms with Crippen molar-refractivity contribution >= 4 is 11.8 Å². The molecule has 0 aliphatic carbocycles. The fourth-order valence-corrected chi connectivity index (χ4v) is 4.26. The van der Waals surface area contributed by atoms with Gasteiger partial charge < -0.3 is 9.80 Å². The first-order chi connectivity index (χ1) is 12.2. The van der Waals surface area contributed by atoms with E-state index < -0.39 is 11.1 Å². The Balaban J connectivity index is 1.74. The number of hydrogen-bond acceptors (Lipinski definition) is 4. The molecular formula is C19H28N4O3. The molecule has 1 spiro atoms. The maximum atomic E-state index is 13.0. The Morgan fingerprint density at radius 1 is 1.23 bits per heavy atom. The average molecular weight is 360 g/mol. The van der Waals surface area contributed by atoms with Gasteiger partial charge >= 0.3 is 5.69 Å². The van der Waals surface area contributed by atoms with Crippen LogP contribution in [0.1, 0.15) is 44.5 Å².